The number of carbonyl (C=O) groups is 1. The lowest BCUT2D eigenvalue weighted by molar-refractivity contribution is 0.00593. The highest BCUT2D eigenvalue weighted by atomic mass is 35.5. The second kappa shape index (κ2) is 13.2. The standard InChI is InChI=1S/C30H33ClF2N2O3/c1-37-28-14-9-22(31)18-26(28)30(36)34-27-15-17-35(19-29(27)38-2)16-3-4-25(20-5-10-23(32)11-6-20)21-7-12-24(33)13-8-21/h5-14,18,25,27,29H,3-4,15-17,19H2,1-2H3,(H,34,36)/t27-,29-/m0/s1. The fourth-order valence-corrected chi connectivity index (χ4v) is 5.30. The van der Waals surface area contributed by atoms with Crippen LogP contribution in [0.1, 0.15) is 46.7 Å². The van der Waals surface area contributed by atoms with E-state index >= 15 is 0 Å². The minimum atomic E-state index is -0.277. The summed E-state index contributed by atoms with van der Waals surface area (Å²) in [5.41, 5.74) is 2.40. The summed E-state index contributed by atoms with van der Waals surface area (Å²) in [6.45, 7) is 2.35. The van der Waals surface area contributed by atoms with Crippen LogP contribution in [-0.2, 0) is 4.74 Å². The largest absolute Gasteiger partial charge is 0.496 e. The van der Waals surface area contributed by atoms with Crippen molar-refractivity contribution >= 4 is 17.5 Å². The van der Waals surface area contributed by atoms with Gasteiger partial charge < -0.3 is 19.7 Å². The van der Waals surface area contributed by atoms with Gasteiger partial charge in [0.1, 0.15) is 17.4 Å². The number of piperidine rings is 1. The number of hydrogen-bond donors (Lipinski definition) is 1. The van der Waals surface area contributed by atoms with Crippen LogP contribution in [0.4, 0.5) is 8.78 Å². The number of ether oxygens (including phenoxy) is 2. The first kappa shape index (κ1) is 28.0. The van der Waals surface area contributed by atoms with E-state index in [0.717, 1.165) is 43.5 Å². The molecule has 0 aromatic heterocycles. The lowest BCUT2D eigenvalue weighted by atomic mass is 9.87. The third-order valence-electron chi connectivity index (χ3n) is 7.18. The smallest absolute Gasteiger partial charge is 0.255 e. The van der Waals surface area contributed by atoms with E-state index in [0.29, 0.717) is 22.9 Å². The van der Waals surface area contributed by atoms with Crippen molar-refractivity contribution in [2.24, 2.45) is 0 Å². The predicted molar refractivity (Wildman–Crippen MR) is 145 cm³/mol. The van der Waals surface area contributed by atoms with Crippen LogP contribution in [0.5, 0.6) is 5.75 Å². The minimum Gasteiger partial charge on any atom is -0.496 e. The maximum Gasteiger partial charge on any atom is 0.255 e. The van der Waals surface area contributed by atoms with Crippen LogP contribution in [0.25, 0.3) is 0 Å². The topological polar surface area (TPSA) is 50.8 Å². The average molecular weight is 543 g/mol. The van der Waals surface area contributed by atoms with Gasteiger partial charge in [0.15, 0.2) is 0 Å². The van der Waals surface area contributed by atoms with Gasteiger partial charge in [0.05, 0.1) is 24.8 Å². The van der Waals surface area contributed by atoms with Gasteiger partial charge in [-0.3, -0.25) is 4.79 Å². The average Bonchev–Trinajstić information content (AvgIpc) is 2.93. The van der Waals surface area contributed by atoms with Gasteiger partial charge in [0, 0.05) is 31.1 Å². The molecule has 4 rings (SSSR count). The molecule has 202 valence electrons. The molecule has 1 heterocycles. The van der Waals surface area contributed by atoms with Gasteiger partial charge in [0.2, 0.25) is 0 Å². The predicted octanol–water partition coefficient (Wildman–Crippen LogP) is 6.06. The van der Waals surface area contributed by atoms with Crippen molar-refractivity contribution in [3.63, 3.8) is 0 Å². The number of methoxy groups -OCH3 is 2. The number of amides is 1. The van der Waals surface area contributed by atoms with E-state index in [4.69, 9.17) is 21.1 Å². The van der Waals surface area contributed by atoms with E-state index in [2.05, 4.69) is 10.2 Å². The summed E-state index contributed by atoms with van der Waals surface area (Å²) in [5.74, 6) is -0.289. The van der Waals surface area contributed by atoms with Crippen LogP contribution in [0.2, 0.25) is 5.02 Å². The Hall–Kier alpha value is -3.00. The van der Waals surface area contributed by atoms with E-state index in [1.165, 1.54) is 31.4 Å². The third-order valence-corrected chi connectivity index (χ3v) is 7.42. The van der Waals surface area contributed by atoms with Gasteiger partial charge in [-0.05, 0) is 79.4 Å². The van der Waals surface area contributed by atoms with Gasteiger partial charge in [-0.2, -0.15) is 0 Å². The number of nitrogens with one attached hydrogen (secondary N) is 1. The van der Waals surface area contributed by atoms with Crippen LogP contribution in [0.3, 0.4) is 0 Å². The number of benzene rings is 3. The number of halogens is 3. The molecule has 3 aromatic carbocycles. The number of nitrogens with zero attached hydrogens (tertiary/aromatic N) is 1. The maximum atomic E-state index is 13.5. The van der Waals surface area contributed by atoms with E-state index in [-0.39, 0.29) is 35.6 Å². The second-order valence-electron chi connectivity index (χ2n) is 9.59. The van der Waals surface area contributed by atoms with Gasteiger partial charge in [0.25, 0.3) is 5.91 Å². The summed E-state index contributed by atoms with van der Waals surface area (Å²) < 4.78 is 38.1. The van der Waals surface area contributed by atoms with Crippen molar-refractivity contribution in [1.82, 2.24) is 10.2 Å². The minimum absolute atomic E-state index is 0.0407. The van der Waals surface area contributed by atoms with Crippen LogP contribution < -0.4 is 10.1 Å². The molecule has 1 aliphatic heterocycles. The number of rotatable bonds is 10. The van der Waals surface area contributed by atoms with Gasteiger partial charge >= 0.3 is 0 Å². The summed E-state index contributed by atoms with van der Waals surface area (Å²) in [6.07, 6.45) is 2.31. The zero-order valence-electron chi connectivity index (χ0n) is 21.6. The number of hydrogen-bond acceptors (Lipinski definition) is 4. The quantitative estimate of drug-likeness (QED) is 0.338. The molecule has 1 amide bonds. The molecule has 0 saturated carbocycles. The van der Waals surface area contributed by atoms with E-state index in [1.54, 1.807) is 49.6 Å². The molecule has 2 atom stereocenters. The molecule has 38 heavy (non-hydrogen) atoms. The maximum absolute atomic E-state index is 13.5. The molecule has 8 heteroatoms. The highest BCUT2D eigenvalue weighted by Crippen LogP contribution is 2.30. The fraction of sp³-hybridized carbons (Fsp3) is 0.367. The van der Waals surface area contributed by atoms with E-state index in [1.807, 2.05) is 0 Å². The lowest BCUT2D eigenvalue weighted by Gasteiger charge is -2.38. The molecule has 1 saturated heterocycles. The fourth-order valence-electron chi connectivity index (χ4n) is 5.13. The first-order valence-corrected chi connectivity index (χ1v) is 13.2. The highest BCUT2D eigenvalue weighted by molar-refractivity contribution is 6.31. The van der Waals surface area contributed by atoms with Crippen molar-refractivity contribution in [2.75, 3.05) is 33.9 Å². The van der Waals surface area contributed by atoms with E-state index < -0.39 is 0 Å². The zero-order valence-corrected chi connectivity index (χ0v) is 22.4. The van der Waals surface area contributed by atoms with Crippen LogP contribution in [0, 0.1) is 11.6 Å². The zero-order chi connectivity index (χ0) is 27.1. The molecule has 1 fully saturated rings. The molecule has 0 spiro atoms. The molecule has 1 N–H and O–H groups in total. The summed E-state index contributed by atoms with van der Waals surface area (Å²) in [6, 6.07) is 17.9. The summed E-state index contributed by atoms with van der Waals surface area (Å²) in [7, 11) is 3.18. The van der Waals surface area contributed by atoms with Gasteiger partial charge in [-0.25, -0.2) is 8.78 Å². The Balaban J connectivity index is 1.35. The second-order valence-corrected chi connectivity index (χ2v) is 10.0. The van der Waals surface area contributed by atoms with Crippen LogP contribution in [0.15, 0.2) is 66.7 Å². The Morgan fingerprint density at radius 3 is 2.24 bits per heavy atom. The molecular weight excluding hydrogens is 510 g/mol. The van der Waals surface area contributed by atoms with Crippen LogP contribution in [-0.4, -0.2) is 56.8 Å². The van der Waals surface area contributed by atoms with Crippen molar-refractivity contribution in [2.45, 2.75) is 37.3 Å². The van der Waals surface area contributed by atoms with Crippen molar-refractivity contribution < 1.29 is 23.0 Å². The SMILES string of the molecule is COc1ccc(Cl)cc1C(=O)N[C@H]1CCN(CCCC(c2ccc(F)cc2)c2ccc(F)cc2)C[C@@H]1OC. The van der Waals surface area contributed by atoms with E-state index in [9.17, 15) is 13.6 Å². The molecule has 1 aliphatic rings. The van der Waals surface area contributed by atoms with Gasteiger partial charge in [-0.1, -0.05) is 35.9 Å². The third kappa shape index (κ3) is 7.10. The molecule has 3 aromatic rings. The lowest BCUT2D eigenvalue weighted by Crippen LogP contribution is -2.54. The molecule has 0 aliphatic carbocycles. The van der Waals surface area contributed by atoms with Crippen LogP contribution >= 0.6 is 11.6 Å². The van der Waals surface area contributed by atoms with Crippen molar-refractivity contribution in [3.05, 3.63) is 100 Å². The summed E-state index contributed by atoms with van der Waals surface area (Å²) in [4.78, 5) is 15.3. The molecule has 0 unspecified atom stereocenters. The Morgan fingerprint density at radius 1 is 1.03 bits per heavy atom. The molecule has 5 nitrogen and oxygen atoms in total. The molecule has 0 radical (unpaired) electrons. The highest BCUT2D eigenvalue weighted by Gasteiger charge is 2.31. The summed E-state index contributed by atoms with van der Waals surface area (Å²) in [5, 5.41) is 3.56. The molecule has 0 bridgehead atoms. The first-order valence-electron chi connectivity index (χ1n) is 12.8. The van der Waals surface area contributed by atoms with Crippen molar-refractivity contribution in [1.29, 1.82) is 0 Å². The number of likely N-dealkylation sites (tertiary alicyclic amines) is 1. The Kier molecular flexibility index (Phi) is 9.72. The van der Waals surface area contributed by atoms with Crippen molar-refractivity contribution in [3.8, 4) is 5.75 Å². The normalized spacial score (nSPS) is 17.9. The first-order chi connectivity index (χ1) is 18.4. The Labute approximate surface area is 227 Å². The Morgan fingerprint density at radius 2 is 1.66 bits per heavy atom. The Bertz CT molecular complexity index is 1160. The number of carbonyl (C=O) groups excluding carboxylic acids is 1. The molecular formula is C30H33ClF2N2O3. The summed E-state index contributed by atoms with van der Waals surface area (Å²) >= 11 is 6.10. The van der Waals surface area contributed by atoms with Gasteiger partial charge in [-0.15, -0.1) is 0 Å². The monoisotopic (exact) mass is 542 g/mol.